The molecule has 0 amide bonds. The van der Waals surface area contributed by atoms with Crippen LogP contribution in [0.3, 0.4) is 0 Å². The van der Waals surface area contributed by atoms with Gasteiger partial charge in [0.25, 0.3) is 8.32 Å². The highest BCUT2D eigenvalue weighted by atomic mass is 28.4. The van der Waals surface area contributed by atoms with Crippen LogP contribution in [0.4, 0.5) is 0 Å². The van der Waals surface area contributed by atoms with Crippen LogP contribution in [-0.2, 0) is 20.6 Å². The van der Waals surface area contributed by atoms with Crippen LogP contribution < -0.4 is 10.4 Å². The van der Waals surface area contributed by atoms with Gasteiger partial charge in [-0.15, -0.1) is 0 Å². The molecule has 4 rings (SSSR count). The summed E-state index contributed by atoms with van der Waals surface area (Å²) >= 11 is 0. The Morgan fingerprint density at radius 2 is 1.46 bits per heavy atom. The molecule has 4 nitrogen and oxygen atoms in total. The van der Waals surface area contributed by atoms with Gasteiger partial charge in [-0.05, 0) is 39.7 Å². The van der Waals surface area contributed by atoms with E-state index in [0.717, 1.165) is 18.3 Å². The van der Waals surface area contributed by atoms with E-state index in [4.69, 9.17) is 9.16 Å². The van der Waals surface area contributed by atoms with Crippen molar-refractivity contribution in [1.29, 1.82) is 5.26 Å². The maximum Gasteiger partial charge on any atom is 0.261 e. The molecule has 37 heavy (non-hydrogen) atoms. The maximum atomic E-state index is 11.7. The summed E-state index contributed by atoms with van der Waals surface area (Å²) in [4.78, 5) is 11.7. The van der Waals surface area contributed by atoms with Crippen LogP contribution in [0.2, 0.25) is 5.04 Å². The Labute approximate surface area is 222 Å². The zero-order valence-electron chi connectivity index (χ0n) is 22.0. The van der Waals surface area contributed by atoms with Crippen LogP contribution in [0.15, 0.2) is 91.0 Å². The second-order valence-electron chi connectivity index (χ2n) is 11.1. The van der Waals surface area contributed by atoms with Crippen molar-refractivity contribution in [2.24, 2.45) is 17.8 Å². The highest BCUT2D eigenvalue weighted by molar-refractivity contribution is 6.99. The maximum absolute atomic E-state index is 11.7. The minimum Gasteiger partial charge on any atom is -0.404 e. The van der Waals surface area contributed by atoms with Crippen molar-refractivity contribution in [3.63, 3.8) is 0 Å². The number of benzene rings is 3. The van der Waals surface area contributed by atoms with Gasteiger partial charge in [0, 0.05) is 5.92 Å². The fourth-order valence-electron chi connectivity index (χ4n) is 5.81. The van der Waals surface area contributed by atoms with Gasteiger partial charge in [0.05, 0.1) is 25.4 Å². The van der Waals surface area contributed by atoms with Gasteiger partial charge in [-0.1, -0.05) is 112 Å². The van der Waals surface area contributed by atoms with Gasteiger partial charge < -0.3 is 14.0 Å². The molecule has 1 aliphatic rings. The second kappa shape index (κ2) is 12.0. The minimum absolute atomic E-state index is 0.0314. The van der Waals surface area contributed by atoms with Crippen molar-refractivity contribution >= 4 is 25.0 Å². The van der Waals surface area contributed by atoms with Crippen molar-refractivity contribution in [1.82, 2.24) is 0 Å². The topological polar surface area (TPSA) is 59.3 Å². The number of ether oxygens (including phenoxy) is 1. The summed E-state index contributed by atoms with van der Waals surface area (Å²) in [5.74, 6) is -0.549. The lowest BCUT2D eigenvalue weighted by atomic mass is 9.92. The largest absolute Gasteiger partial charge is 0.404 e. The fourth-order valence-corrected chi connectivity index (χ4v) is 10.6. The molecule has 0 spiro atoms. The van der Waals surface area contributed by atoms with Crippen LogP contribution >= 0.6 is 0 Å². The number of carbonyl (C=O) groups excluding carboxylic acids is 1. The number of aldehydes is 1. The van der Waals surface area contributed by atoms with Gasteiger partial charge in [-0.2, -0.15) is 5.26 Å². The molecule has 0 saturated heterocycles. The summed E-state index contributed by atoms with van der Waals surface area (Å²) < 4.78 is 13.7. The molecule has 3 aromatic rings. The molecule has 0 N–H and O–H groups in total. The van der Waals surface area contributed by atoms with Crippen molar-refractivity contribution in [2.75, 3.05) is 6.61 Å². The average molecular weight is 512 g/mol. The first-order chi connectivity index (χ1) is 17.9. The Hall–Kier alpha value is -3.04. The summed E-state index contributed by atoms with van der Waals surface area (Å²) in [6, 6.07) is 33.6. The Bertz CT molecular complexity index is 1130. The third-order valence-electron chi connectivity index (χ3n) is 7.66. The molecule has 0 radical (unpaired) electrons. The monoisotopic (exact) mass is 511 g/mol. The highest BCUT2D eigenvalue weighted by Crippen LogP contribution is 2.44. The van der Waals surface area contributed by atoms with Crippen LogP contribution in [0.1, 0.15) is 39.2 Å². The molecule has 4 atom stereocenters. The SMILES string of the molecule is CC(C)(C)[Si](OC1CC(C(C#N)C=O)CC1COCc1ccccc1)(c1ccccc1)c1ccccc1. The first-order valence-corrected chi connectivity index (χ1v) is 15.1. The van der Waals surface area contributed by atoms with Crippen LogP contribution in [0.25, 0.3) is 0 Å². The lowest BCUT2D eigenvalue weighted by Crippen LogP contribution is -2.68. The summed E-state index contributed by atoms with van der Waals surface area (Å²) in [5.41, 5.74) is 1.13. The summed E-state index contributed by atoms with van der Waals surface area (Å²) in [7, 11) is -2.77. The van der Waals surface area contributed by atoms with Gasteiger partial charge in [0.2, 0.25) is 0 Å². The standard InChI is InChI=1S/C32H37NO3Si/c1-32(2,3)37(29-15-9-5-10-16-29,30-17-11-6-12-18-30)36-31-20-26(28(21-33)22-34)19-27(31)24-35-23-25-13-7-4-8-14-25/h4-18,22,26-28,31H,19-20,23-24H2,1-3H3. The van der Waals surface area contributed by atoms with E-state index in [9.17, 15) is 10.1 Å². The molecule has 0 aromatic heterocycles. The third-order valence-corrected chi connectivity index (χ3v) is 12.7. The minimum atomic E-state index is -2.77. The van der Waals surface area contributed by atoms with Gasteiger partial charge in [-0.3, -0.25) is 0 Å². The van der Waals surface area contributed by atoms with E-state index < -0.39 is 14.2 Å². The molecule has 1 saturated carbocycles. The third kappa shape index (κ3) is 5.93. The molecule has 5 heteroatoms. The van der Waals surface area contributed by atoms with Crippen LogP contribution in [-0.4, -0.2) is 27.3 Å². The lowest BCUT2D eigenvalue weighted by molar-refractivity contribution is -0.110. The smallest absolute Gasteiger partial charge is 0.261 e. The number of nitriles is 1. The fraction of sp³-hybridized carbons (Fsp3) is 0.375. The van der Waals surface area contributed by atoms with Crippen LogP contribution in [0, 0.1) is 29.1 Å². The van der Waals surface area contributed by atoms with E-state index in [1.54, 1.807) is 0 Å². The Kier molecular flexibility index (Phi) is 8.76. The van der Waals surface area contributed by atoms with Crippen molar-refractivity contribution in [2.45, 2.75) is 51.4 Å². The molecule has 0 heterocycles. The van der Waals surface area contributed by atoms with Crippen molar-refractivity contribution in [3.8, 4) is 6.07 Å². The highest BCUT2D eigenvalue weighted by Gasteiger charge is 2.53. The van der Waals surface area contributed by atoms with Crippen molar-refractivity contribution < 1.29 is 14.0 Å². The van der Waals surface area contributed by atoms with Gasteiger partial charge in [-0.25, -0.2) is 0 Å². The van der Waals surface area contributed by atoms with E-state index in [0.29, 0.717) is 19.6 Å². The molecule has 192 valence electrons. The Morgan fingerprint density at radius 3 is 1.95 bits per heavy atom. The number of rotatable bonds is 10. The predicted molar refractivity (Wildman–Crippen MR) is 150 cm³/mol. The second-order valence-corrected chi connectivity index (χ2v) is 15.4. The molecule has 4 unspecified atom stereocenters. The molecule has 3 aromatic carbocycles. The first kappa shape index (κ1) is 27.0. The molecule has 0 aliphatic heterocycles. The molecular weight excluding hydrogens is 474 g/mol. The van der Waals surface area contributed by atoms with E-state index in [1.807, 2.05) is 30.3 Å². The van der Waals surface area contributed by atoms with Crippen LogP contribution in [0.5, 0.6) is 0 Å². The zero-order valence-corrected chi connectivity index (χ0v) is 23.0. The summed E-state index contributed by atoms with van der Waals surface area (Å²) in [5, 5.41) is 12.0. The Balaban J connectivity index is 1.69. The average Bonchev–Trinajstić information content (AvgIpc) is 3.31. The van der Waals surface area contributed by atoms with Gasteiger partial charge in [0.1, 0.15) is 12.2 Å². The Morgan fingerprint density at radius 1 is 0.919 bits per heavy atom. The van der Waals surface area contributed by atoms with E-state index in [2.05, 4.69) is 87.5 Å². The predicted octanol–water partition coefficient (Wildman–Crippen LogP) is 5.51. The normalized spacial score (nSPS) is 20.8. The summed E-state index contributed by atoms with van der Waals surface area (Å²) in [6.45, 7) is 7.89. The number of carbonyl (C=O) groups is 1. The van der Waals surface area contributed by atoms with Gasteiger partial charge in [0.15, 0.2) is 0 Å². The summed E-state index contributed by atoms with van der Waals surface area (Å²) in [6.07, 6.45) is 2.12. The number of hydrogen-bond acceptors (Lipinski definition) is 4. The zero-order chi connectivity index (χ0) is 26.3. The van der Waals surface area contributed by atoms with Crippen molar-refractivity contribution in [3.05, 3.63) is 96.6 Å². The lowest BCUT2D eigenvalue weighted by Gasteiger charge is -2.45. The molecular formula is C32H37NO3Si. The number of hydrogen-bond donors (Lipinski definition) is 0. The quantitative estimate of drug-likeness (QED) is 0.266. The molecule has 1 aliphatic carbocycles. The van der Waals surface area contributed by atoms with E-state index in [1.165, 1.54) is 10.4 Å². The number of nitrogens with zero attached hydrogens (tertiary/aromatic N) is 1. The van der Waals surface area contributed by atoms with E-state index in [-0.39, 0.29) is 23.0 Å². The molecule has 1 fully saturated rings. The van der Waals surface area contributed by atoms with E-state index >= 15 is 0 Å². The van der Waals surface area contributed by atoms with Gasteiger partial charge >= 0.3 is 0 Å². The molecule has 0 bridgehead atoms. The first-order valence-electron chi connectivity index (χ1n) is 13.1.